The van der Waals surface area contributed by atoms with Crippen molar-refractivity contribution in [2.45, 2.75) is 52.6 Å². The maximum absolute atomic E-state index is 11.1. The van der Waals surface area contributed by atoms with Gasteiger partial charge in [-0.3, -0.25) is 4.79 Å². The minimum atomic E-state index is -0.387. The maximum atomic E-state index is 11.1. The van der Waals surface area contributed by atoms with Gasteiger partial charge in [0, 0.05) is 0 Å². The summed E-state index contributed by atoms with van der Waals surface area (Å²) in [7, 11) is 0. The first kappa shape index (κ1) is 15.4. The zero-order chi connectivity index (χ0) is 13.5. The lowest BCUT2D eigenvalue weighted by Gasteiger charge is -2.37. The van der Waals surface area contributed by atoms with Gasteiger partial charge in [0.2, 0.25) is 0 Å². The number of hydrogen-bond acceptors (Lipinski definition) is 5. The van der Waals surface area contributed by atoms with E-state index in [0.717, 1.165) is 6.42 Å². The molecule has 0 amide bonds. The van der Waals surface area contributed by atoms with Crippen molar-refractivity contribution in [3.8, 4) is 0 Å². The molecule has 0 aromatic heterocycles. The smallest absolute Gasteiger partial charge is 0.328 e. The predicted octanol–water partition coefficient (Wildman–Crippen LogP) is 1.78. The summed E-state index contributed by atoms with van der Waals surface area (Å²) in [6, 6.07) is 0. The first-order valence-corrected chi connectivity index (χ1v) is 6.81. The number of hydrazine groups is 1. The summed E-state index contributed by atoms with van der Waals surface area (Å²) in [4.78, 5) is 15.6. The van der Waals surface area contributed by atoms with E-state index in [1.807, 2.05) is 5.59 Å². The van der Waals surface area contributed by atoms with E-state index in [9.17, 15) is 4.79 Å². The van der Waals surface area contributed by atoms with Gasteiger partial charge in [-0.1, -0.05) is 32.8 Å². The topological polar surface area (TPSA) is 73.6 Å². The number of nitrogens with one attached hydrogen (secondary N) is 1. The summed E-state index contributed by atoms with van der Waals surface area (Å²) in [5, 5.41) is 0. The number of ether oxygens (including phenoxy) is 1. The molecular weight excluding hydrogens is 232 g/mol. The van der Waals surface area contributed by atoms with Crippen molar-refractivity contribution < 1.29 is 14.4 Å². The van der Waals surface area contributed by atoms with Gasteiger partial charge >= 0.3 is 5.97 Å². The molecule has 0 aromatic rings. The molecule has 3 atom stereocenters. The third kappa shape index (κ3) is 4.92. The summed E-state index contributed by atoms with van der Waals surface area (Å²) in [5.74, 6) is 6.44. The second kappa shape index (κ2) is 7.71. The first-order valence-electron chi connectivity index (χ1n) is 6.81. The van der Waals surface area contributed by atoms with E-state index in [-0.39, 0.29) is 18.5 Å². The van der Waals surface area contributed by atoms with Crippen LogP contribution >= 0.6 is 0 Å². The average molecular weight is 258 g/mol. The number of nitrogens with two attached hydrogens (primary N) is 1. The molecule has 1 fully saturated rings. The fourth-order valence-corrected chi connectivity index (χ4v) is 2.72. The summed E-state index contributed by atoms with van der Waals surface area (Å²) in [5.41, 5.74) is 1.88. The van der Waals surface area contributed by atoms with Crippen molar-refractivity contribution in [2.75, 3.05) is 6.61 Å². The molecule has 0 bridgehead atoms. The Labute approximate surface area is 109 Å². The Hall–Kier alpha value is -0.650. The molecular formula is C13H26N2O3. The van der Waals surface area contributed by atoms with Gasteiger partial charge in [-0.05, 0) is 30.6 Å². The summed E-state index contributed by atoms with van der Waals surface area (Å²) < 4.78 is 5.87. The van der Waals surface area contributed by atoms with E-state index < -0.39 is 0 Å². The van der Waals surface area contributed by atoms with Crippen LogP contribution in [0.15, 0.2) is 0 Å². The number of carbonyl (C=O) groups is 1. The highest BCUT2D eigenvalue weighted by molar-refractivity contribution is 5.69. The first-order chi connectivity index (χ1) is 8.54. The van der Waals surface area contributed by atoms with E-state index >= 15 is 0 Å². The minimum Gasteiger partial charge on any atom is -0.377 e. The average Bonchev–Trinajstić information content (AvgIpc) is 2.29. The number of carbonyl (C=O) groups excluding carboxylic acids is 1. The Bertz CT molecular complexity index is 259. The molecule has 1 saturated carbocycles. The zero-order valence-electron chi connectivity index (χ0n) is 11.6. The maximum Gasteiger partial charge on any atom is 0.328 e. The van der Waals surface area contributed by atoms with Crippen molar-refractivity contribution in [1.29, 1.82) is 0 Å². The third-order valence-electron chi connectivity index (χ3n) is 3.77. The highest BCUT2D eigenvalue weighted by Crippen LogP contribution is 2.35. The molecule has 3 unspecified atom stereocenters. The van der Waals surface area contributed by atoms with Crippen LogP contribution in [0.4, 0.5) is 0 Å². The summed E-state index contributed by atoms with van der Waals surface area (Å²) >= 11 is 0. The van der Waals surface area contributed by atoms with Gasteiger partial charge in [-0.2, -0.15) is 0 Å². The van der Waals surface area contributed by atoms with Crippen LogP contribution in [0.1, 0.15) is 46.5 Å². The van der Waals surface area contributed by atoms with Crippen LogP contribution in [0.2, 0.25) is 0 Å². The van der Waals surface area contributed by atoms with Crippen LogP contribution < -0.4 is 11.4 Å². The molecule has 0 aromatic carbocycles. The van der Waals surface area contributed by atoms with E-state index in [2.05, 4.69) is 25.6 Å². The summed E-state index contributed by atoms with van der Waals surface area (Å²) in [6.07, 6.45) is 4.10. The monoisotopic (exact) mass is 258 g/mol. The van der Waals surface area contributed by atoms with Gasteiger partial charge in [0.25, 0.3) is 0 Å². The predicted molar refractivity (Wildman–Crippen MR) is 69.1 cm³/mol. The standard InChI is InChI=1S/C13H26N2O3/c1-9(2)11-5-4-10(3)8-12(11)17-7-6-13(16)18-15-14/h9-12,15H,4-8,14H2,1-3H3. The van der Waals surface area contributed by atoms with Crippen molar-refractivity contribution in [2.24, 2.45) is 23.6 Å². The number of hydrogen-bond donors (Lipinski definition) is 2. The molecule has 5 heteroatoms. The lowest BCUT2D eigenvalue weighted by atomic mass is 9.75. The van der Waals surface area contributed by atoms with E-state index in [0.29, 0.717) is 24.4 Å². The fourth-order valence-electron chi connectivity index (χ4n) is 2.72. The molecule has 5 nitrogen and oxygen atoms in total. The van der Waals surface area contributed by atoms with Crippen LogP contribution in [-0.2, 0) is 14.4 Å². The van der Waals surface area contributed by atoms with Crippen LogP contribution in [0.3, 0.4) is 0 Å². The summed E-state index contributed by atoms with van der Waals surface area (Å²) in [6.45, 7) is 7.15. The Morgan fingerprint density at radius 2 is 2.17 bits per heavy atom. The van der Waals surface area contributed by atoms with Crippen LogP contribution in [-0.4, -0.2) is 18.7 Å². The minimum absolute atomic E-state index is 0.236. The second-order valence-electron chi connectivity index (χ2n) is 5.58. The van der Waals surface area contributed by atoms with Crippen molar-refractivity contribution in [3.63, 3.8) is 0 Å². The highest BCUT2D eigenvalue weighted by atomic mass is 16.7. The molecule has 18 heavy (non-hydrogen) atoms. The van der Waals surface area contributed by atoms with E-state index in [1.54, 1.807) is 0 Å². The van der Waals surface area contributed by atoms with E-state index in [4.69, 9.17) is 10.6 Å². The fraction of sp³-hybridized carbons (Fsp3) is 0.923. The largest absolute Gasteiger partial charge is 0.377 e. The SMILES string of the molecule is CC1CCC(C(C)C)C(OCCC(=O)ONN)C1. The van der Waals surface area contributed by atoms with Gasteiger partial charge in [0.05, 0.1) is 19.1 Å². The van der Waals surface area contributed by atoms with Gasteiger partial charge in [0.1, 0.15) is 0 Å². The van der Waals surface area contributed by atoms with E-state index in [1.165, 1.54) is 12.8 Å². The Kier molecular flexibility index (Phi) is 6.60. The second-order valence-corrected chi connectivity index (χ2v) is 5.58. The third-order valence-corrected chi connectivity index (χ3v) is 3.77. The Morgan fingerprint density at radius 1 is 1.44 bits per heavy atom. The van der Waals surface area contributed by atoms with Gasteiger partial charge in [0.15, 0.2) is 0 Å². The van der Waals surface area contributed by atoms with Crippen molar-refractivity contribution in [1.82, 2.24) is 5.59 Å². The van der Waals surface area contributed by atoms with Crippen LogP contribution in [0.25, 0.3) is 0 Å². The molecule has 0 heterocycles. The molecule has 1 aliphatic rings. The molecule has 0 radical (unpaired) electrons. The Balaban J connectivity index is 2.34. The van der Waals surface area contributed by atoms with Gasteiger partial charge in [-0.25, -0.2) is 5.84 Å². The van der Waals surface area contributed by atoms with Crippen LogP contribution in [0, 0.1) is 17.8 Å². The molecule has 0 aliphatic heterocycles. The highest BCUT2D eigenvalue weighted by Gasteiger charge is 2.31. The zero-order valence-corrected chi connectivity index (χ0v) is 11.6. The van der Waals surface area contributed by atoms with Gasteiger partial charge in [-0.15, -0.1) is 0 Å². The van der Waals surface area contributed by atoms with Crippen molar-refractivity contribution >= 4 is 5.97 Å². The lowest BCUT2D eigenvalue weighted by Crippen LogP contribution is -2.35. The Morgan fingerprint density at radius 3 is 2.78 bits per heavy atom. The molecule has 1 aliphatic carbocycles. The quantitative estimate of drug-likeness (QED) is 0.561. The normalized spacial score (nSPS) is 28.4. The molecule has 0 saturated heterocycles. The molecule has 3 N–H and O–H groups in total. The van der Waals surface area contributed by atoms with Crippen molar-refractivity contribution in [3.05, 3.63) is 0 Å². The molecule has 1 rings (SSSR count). The molecule has 0 spiro atoms. The number of rotatable bonds is 6. The van der Waals surface area contributed by atoms with Crippen LogP contribution in [0.5, 0.6) is 0 Å². The molecule has 106 valence electrons. The van der Waals surface area contributed by atoms with Gasteiger partial charge < -0.3 is 9.57 Å². The lowest BCUT2D eigenvalue weighted by molar-refractivity contribution is -0.153.